The Balaban J connectivity index is 1.57. The number of alkyl carbamates (subject to hydrolysis) is 1. The van der Waals surface area contributed by atoms with Crippen molar-refractivity contribution in [3.05, 3.63) is 0 Å². The molecule has 3 fully saturated rings. The van der Waals surface area contributed by atoms with Crippen molar-refractivity contribution in [1.29, 1.82) is 0 Å². The SMILES string of the molecule is O=C(NC1C2CC3C(=O)OC1C3C2)OCC(F)(F)S(=O)(=O)[O-]. The lowest BCUT2D eigenvalue weighted by Gasteiger charge is -2.26. The minimum atomic E-state index is -5.91. The highest BCUT2D eigenvalue weighted by Crippen LogP contribution is 2.54. The number of amides is 1. The molecule has 1 N–H and O–H groups in total. The molecule has 8 nitrogen and oxygen atoms in total. The molecular formula is C11H12F2NO7S-. The molecule has 5 atom stereocenters. The smallest absolute Gasteiger partial charge is 0.407 e. The summed E-state index contributed by atoms with van der Waals surface area (Å²) in [4.78, 5) is 23.0. The highest BCUT2D eigenvalue weighted by Gasteiger charge is 2.62. The molecule has 1 amide bonds. The second kappa shape index (κ2) is 4.75. The summed E-state index contributed by atoms with van der Waals surface area (Å²) in [7, 11) is -5.91. The van der Waals surface area contributed by atoms with Crippen LogP contribution in [0.1, 0.15) is 12.8 Å². The van der Waals surface area contributed by atoms with Gasteiger partial charge in [0.05, 0.1) is 12.0 Å². The molecule has 3 rings (SSSR count). The van der Waals surface area contributed by atoms with Gasteiger partial charge in [0.2, 0.25) is 0 Å². The van der Waals surface area contributed by atoms with Crippen LogP contribution in [0.4, 0.5) is 13.6 Å². The molecule has 0 aromatic heterocycles. The van der Waals surface area contributed by atoms with Gasteiger partial charge < -0.3 is 19.3 Å². The van der Waals surface area contributed by atoms with Crippen molar-refractivity contribution in [2.45, 2.75) is 30.2 Å². The highest BCUT2D eigenvalue weighted by atomic mass is 32.2. The van der Waals surface area contributed by atoms with E-state index in [1.165, 1.54) is 0 Å². The van der Waals surface area contributed by atoms with Crippen LogP contribution in [0.3, 0.4) is 0 Å². The number of esters is 1. The molecule has 1 heterocycles. The predicted molar refractivity (Wildman–Crippen MR) is 62.5 cm³/mol. The van der Waals surface area contributed by atoms with Crippen LogP contribution in [0.15, 0.2) is 0 Å². The first kappa shape index (κ1) is 15.4. The maximum Gasteiger partial charge on any atom is 0.407 e. The van der Waals surface area contributed by atoms with E-state index in [4.69, 9.17) is 4.74 Å². The average Bonchev–Trinajstić information content (AvgIpc) is 3.00. The van der Waals surface area contributed by atoms with Crippen LogP contribution in [0, 0.1) is 17.8 Å². The van der Waals surface area contributed by atoms with Gasteiger partial charge in [0.15, 0.2) is 16.7 Å². The Morgan fingerprint density at radius 2 is 2.14 bits per heavy atom. The summed E-state index contributed by atoms with van der Waals surface area (Å²) in [6.07, 6.45) is -0.541. The molecule has 11 heteroatoms. The van der Waals surface area contributed by atoms with Crippen molar-refractivity contribution in [1.82, 2.24) is 5.32 Å². The molecule has 124 valence electrons. The molecule has 5 unspecified atom stereocenters. The number of carbonyl (C=O) groups excluding carboxylic acids is 2. The summed E-state index contributed by atoms with van der Waals surface area (Å²) in [5.74, 6) is -0.493. The van der Waals surface area contributed by atoms with Crippen LogP contribution < -0.4 is 5.32 Å². The normalized spacial score (nSPS) is 36.3. The molecule has 0 spiro atoms. The van der Waals surface area contributed by atoms with Crippen LogP contribution in [-0.2, 0) is 24.4 Å². The molecule has 1 saturated heterocycles. The molecule has 2 bridgehead atoms. The lowest BCUT2D eigenvalue weighted by molar-refractivity contribution is -0.143. The molecule has 3 aliphatic rings. The van der Waals surface area contributed by atoms with Gasteiger partial charge in [-0.25, -0.2) is 13.2 Å². The molecular weight excluding hydrogens is 328 g/mol. The second-order valence-corrected chi connectivity index (χ2v) is 7.25. The van der Waals surface area contributed by atoms with Crippen LogP contribution >= 0.6 is 0 Å². The fourth-order valence-corrected chi connectivity index (χ4v) is 3.76. The van der Waals surface area contributed by atoms with Crippen LogP contribution in [0.25, 0.3) is 0 Å². The molecule has 22 heavy (non-hydrogen) atoms. The largest absolute Gasteiger partial charge is 0.743 e. The van der Waals surface area contributed by atoms with Crippen molar-refractivity contribution in [2.24, 2.45) is 17.8 Å². The van der Waals surface area contributed by atoms with E-state index in [-0.39, 0.29) is 23.7 Å². The topological polar surface area (TPSA) is 122 Å². The highest BCUT2D eigenvalue weighted by molar-refractivity contribution is 7.86. The molecule has 0 aromatic carbocycles. The van der Waals surface area contributed by atoms with Crippen molar-refractivity contribution >= 4 is 22.2 Å². The van der Waals surface area contributed by atoms with E-state index in [9.17, 15) is 31.3 Å². The summed E-state index contributed by atoms with van der Waals surface area (Å²) in [6.45, 7) is -1.86. The van der Waals surface area contributed by atoms with Crippen molar-refractivity contribution < 1.29 is 40.8 Å². The third-order valence-corrected chi connectivity index (χ3v) is 5.36. The van der Waals surface area contributed by atoms with Gasteiger partial charge in [-0.1, -0.05) is 0 Å². The standard InChI is InChI=1S/C11H13F2NO7S/c12-11(13,22(17,18)19)3-20-10(16)14-7-4-1-5-6(2-4)9(15)21-8(5)7/h4-8H,1-3H2,(H,14,16)(H,17,18,19)/p-1. The molecule has 0 radical (unpaired) electrons. The number of rotatable bonds is 4. The number of alkyl halides is 2. The zero-order valence-electron chi connectivity index (χ0n) is 11.0. The zero-order chi connectivity index (χ0) is 16.3. The summed E-state index contributed by atoms with van der Waals surface area (Å²) < 4.78 is 65.9. The zero-order valence-corrected chi connectivity index (χ0v) is 11.8. The van der Waals surface area contributed by atoms with E-state index in [0.717, 1.165) is 0 Å². The number of nitrogens with one attached hydrogen (secondary N) is 1. The van der Waals surface area contributed by atoms with E-state index >= 15 is 0 Å². The fourth-order valence-electron chi connectivity index (χ4n) is 3.55. The summed E-state index contributed by atoms with van der Waals surface area (Å²) in [5.41, 5.74) is 0. The van der Waals surface area contributed by atoms with Gasteiger partial charge >= 0.3 is 17.3 Å². The van der Waals surface area contributed by atoms with Crippen LogP contribution in [0.2, 0.25) is 0 Å². The number of ether oxygens (including phenoxy) is 2. The van der Waals surface area contributed by atoms with E-state index in [1.54, 1.807) is 0 Å². The Morgan fingerprint density at radius 1 is 1.45 bits per heavy atom. The van der Waals surface area contributed by atoms with E-state index < -0.39 is 40.2 Å². The van der Waals surface area contributed by atoms with Crippen molar-refractivity contribution in [2.75, 3.05) is 6.61 Å². The molecule has 0 aromatic rings. The second-order valence-electron chi connectivity index (χ2n) is 5.74. The van der Waals surface area contributed by atoms with Gasteiger partial charge in [-0.05, 0) is 18.8 Å². The van der Waals surface area contributed by atoms with E-state index in [1.807, 2.05) is 0 Å². The lowest BCUT2D eigenvalue weighted by Crippen LogP contribution is -2.47. The van der Waals surface area contributed by atoms with Crippen LogP contribution in [0.5, 0.6) is 0 Å². The average molecular weight is 340 g/mol. The Labute approximate surface area is 123 Å². The van der Waals surface area contributed by atoms with Gasteiger partial charge in [-0.3, -0.25) is 4.79 Å². The minimum absolute atomic E-state index is 0.00580. The number of hydrogen-bond acceptors (Lipinski definition) is 7. The molecule has 1 aliphatic heterocycles. The predicted octanol–water partition coefficient (Wildman–Crippen LogP) is -0.199. The van der Waals surface area contributed by atoms with Gasteiger partial charge in [0.1, 0.15) is 6.10 Å². The van der Waals surface area contributed by atoms with Crippen molar-refractivity contribution in [3.8, 4) is 0 Å². The summed E-state index contributed by atoms with van der Waals surface area (Å²) in [5, 5.41) is -2.38. The molecule has 2 saturated carbocycles. The van der Waals surface area contributed by atoms with Gasteiger partial charge in [0, 0.05) is 5.92 Å². The van der Waals surface area contributed by atoms with Gasteiger partial charge in [-0.2, -0.15) is 8.78 Å². The fraction of sp³-hybridized carbons (Fsp3) is 0.818. The number of carbonyl (C=O) groups is 2. The first-order valence-corrected chi connectivity index (χ1v) is 7.98. The van der Waals surface area contributed by atoms with Gasteiger partial charge in [0.25, 0.3) is 0 Å². The minimum Gasteiger partial charge on any atom is -0.743 e. The third kappa shape index (κ3) is 2.32. The van der Waals surface area contributed by atoms with Crippen molar-refractivity contribution in [3.63, 3.8) is 0 Å². The van der Waals surface area contributed by atoms with Crippen LogP contribution in [-0.4, -0.2) is 49.0 Å². The maximum absolute atomic E-state index is 12.9. The first-order valence-electron chi connectivity index (χ1n) is 6.57. The number of halogens is 2. The Bertz CT molecular complexity index is 622. The Kier molecular flexibility index (Phi) is 3.33. The number of fused-ring (bicyclic) bond motifs is 1. The Hall–Kier alpha value is -1.49. The first-order chi connectivity index (χ1) is 10.1. The summed E-state index contributed by atoms with van der Waals surface area (Å²) >= 11 is 0. The van der Waals surface area contributed by atoms with E-state index in [2.05, 4.69) is 10.1 Å². The Morgan fingerprint density at radius 3 is 2.77 bits per heavy atom. The lowest BCUT2D eigenvalue weighted by atomic mass is 9.87. The maximum atomic E-state index is 12.9. The van der Waals surface area contributed by atoms with E-state index in [0.29, 0.717) is 12.8 Å². The number of hydrogen-bond donors (Lipinski definition) is 1. The summed E-state index contributed by atoms with van der Waals surface area (Å²) in [6, 6.07) is -0.544. The molecule has 2 aliphatic carbocycles. The third-order valence-electron chi connectivity index (χ3n) is 4.51. The monoisotopic (exact) mass is 340 g/mol. The quantitative estimate of drug-likeness (QED) is 0.555. The van der Waals surface area contributed by atoms with Gasteiger partial charge in [-0.15, -0.1) is 0 Å².